The quantitative estimate of drug-likeness (QED) is 0.658. The highest BCUT2D eigenvalue weighted by Crippen LogP contribution is 2.39. The third kappa shape index (κ3) is 4.54. The van der Waals surface area contributed by atoms with E-state index in [1.807, 2.05) is 33.9 Å². The fraction of sp³-hybridized carbons (Fsp3) is 0.591. The third-order valence-corrected chi connectivity index (χ3v) is 5.41. The van der Waals surface area contributed by atoms with Gasteiger partial charge in [-0.1, -0.05) is 77.0 Å². The van der Waals surface area contributed by atoms with Gasteiger partial charge in [0.2, 0.25) is 0 Å². The molecule has 0 aliphatic heterocycles. The van der Waals surface area contributed by atoms with Gasteiger partial charge in [0, 0.05) is 18.7 Å². The van der Waals surface area contributed by atoms with Crippen molar-refractivity contribution >= 4 is 23.0 Å². The summed E-state index contributed by atoms with van der Waals surface area (Å²) in [4.78, 5) is 0. The van der Waals surface area contributed by atoms with E-state index in [0.717, 1.165) is 28.3 Å². The van der Waals surface area contributed by atoms with E-state index >= 15 is 0 Å². The second-order valence-electron chi connectivity index (χ2n) is 6.28. The van der Waals surface area contributed by atoms with E-state index in [4.69, 9.17) is 17.0 Å². The van der Waals surface area contributed by atoms with Crippen LogP contribution >= 0.6 is 12.2 Å². The number of aromatic nitrogens is 1. The first kappa shape index (κ1) is 22.8. The maximum absolute atomic E-state index is 10.7. The highest BCUT2D eigenvalue weighted by molar-refractivity contribution is 7.71. The van der Waals surface area contributed by atoms with E-state index in [2.05, 4.69) is 42.7 Å². The van der Waals surface area contributed by atoms with E-state index in [0.29, 0.717) is 5.92 Å². The summed E-state index contributed by atoms with van der Waals surface area (Å²) in [6, 6.07) is 8.39. The van der Waals surface area contributed by atoms with Crippen molar-refractivity contribution in [2.75, 3.05) is 7.11 Å². The van der Waals surface area contributed by atoms with Crippen molar-refractivity contribution in [3.8, 4) is 0 Å². The van der Waals surface area contributed by atoms with Gasteiger partial charge in [-0.15, -0.1) is 0 Å². The van der Waals surface area contributed by atoms with Gasteiger partial charge in [0.15, 0.2) is 0 Å². The van der Waals surface area contributed by atoms with E-state index in [1.165, 1.54) is 5.56 Å². The lowest BCUT2D eigenvalue weighted by Gasteiger charge is -2.22. The smallest absolute Gasteiger partial charge is 0.114 e. The molecule has 146 valence electrons. The van der Waals surface area contributed by atoms with Gasteiger partial charge >= 0.3 is 0 Å². The van der Waals surface area contributed by atoms with E-state index in [9.17, 15) is 5.11 Å². The molecule has 1 aliphatic rings. The first-order valence-electron chi connectivity index (χ1n) is 9.89. The molecule has 0 spiro atoms. The number of hydrogen-bond donors (Lipinski definition) is 1. The van der Waals surface area contributed by atoms with E-state index < -0.39 is 6.10 Å². The predicted molar refractivity (Wildman–Crippen MR) is 114 cm³/mol. The Kier molecular flexibility index (Phi) is 9.48. The highest BCUT2D eigenvalue weighted by Gasteiger charge is 2.42. The lowest BCUT2D eigenvalue weighted by atomic mass is 10.0. The summed E-state index contributed by atoms with van der Waals surface area (Å²) in [5, 5.41) is 12.9. The average molecular weight is 378 g/mol. The SMILES string of the molecule is CC.CC.CCC1CC(n2ccc3cc(C)ccc3c2=S)C(O)C1OC. The molecule has 4 unspecified atom stereocenters. The Morgan fingerprint density at radius 1 is 1.19 bits per heavy atom. The van der Waals surface area contributed by atoms with Crippen molar-refractivity contribution < 1.29 is 9.84 Å². The summed E-state index contributed by atoms with van der Waals surface area (Å²) in [5.74, 6) is 0.376. The van der Waals surface area contributed by atoms with Crippen molar-refractivity contribution in [2.24, 2.45) is 5.92 Å². The van der Waals surface area contributed by atoms with Crippen LogP contribution in [0.1, 0.15) is 59.1 Å². The number of aryl methyl sites for hydroxylation is 1. The number of benzene rings is 1. The Hall–Kier alpha value is -1.23. The summed E-state index contributed by atoms with van der Waals surface area (Å²) in [6.07, 6.45) is 3.31. The lowest BCUT2D eigenvalue weighted by molar-refractivity contribution is -0.0241. The topological polar surface area (TPSA) is 34.4 Å². The van der Waals surface area contributed by atoms with Crippen LogP contribution in [0.2, 0.25) is 0 Å². The van der Waals surface area contributed by atoms with Crippen molar-refractivity contribution in [3.63, 3.8) is 0 Å². The van der Waals surface area contributed by atoms with Crippen LogP contribution in [-0.4, -0.2) is 29.0 Å². The van der Waals surface area contributed by atoms with Crippen molar-refractivity contribution in [1.29, 1.82) is 0 Å². The zero-order chi connectivity index (χ0) is 19.9. The monoisotopic (exact) mass is 377 g/mol. The molecule has 0 bridgehead atoms. The molecule has 2 aromatic rings. The normalized spacial score (nSPS) is 24.5. The molecule has 0 radical (unpaired) electrons. The van der Waals surface area contributed by atoms with Crippen molar-refractivity contribution in [1.82, 2.24) is 4.57 Å². The van der Waals surface area contributed by atoms with Gasteiger partial charge in [0.05, 0.1) is 12.1 Å². The first-order chi connectivity index (χ1) is 12.6. The summed E-state index contributed by atoms with van der Waals surface area (Å²) in [7, 11) is 1.68. The molecule has 4 atom stereocenters. The second-order valence-corrected chi connectivity index (χ2v) is 6.67. The molecule has 4 heteroatoms. The van der Waals surface area contributed by atoms with Crippen LogP contribution in [0.5, 0.6) is 0 Å². The third-order valence-electron chi connectivity index (χ3n) is 4.98. The van der Waals surface area contributed by atoms with Crippen molar-refractivity contribution in [3.05, 3.63) is 40.7 Å². The molecule has 1 aromatic carbocycles. The molecule has 3 rings (SSSR count). The summed E-state index contributed by atoms with van der Waals surface area (Å²) < 4.78 is 8.38. The highest BCUT2D eigenvalue weighted by atomic mass is 32.1. The molecule has 1 heterocycles. The molecular formula is C22H35NO2S. The molecule has 3 nitrogen and oxygen atoms in total. The Morgan fingerprint density at radius 2 is 1.85 bits per heavy atom. The molecule has 1 fully saturated rings. The zero-order valence-corrected chi connectivity index (χ0v) is 18.1. The van der Waals surface area contributed by atoms with Crippen LogP contribution in [0.15, 0.2) is 30.5 Å². The molecule has 1 aliphatic carbocycles. The van der Waals surface area contributed by atoms with Gasteiger partial charge in [-0.05, 0) is 30.7 Å². The minimum Gasteiger partial charge on any atom is -0.388 e. The number of fused-ring (bicyclic) bond motifs is 1. The van der Waals surface area contributed by atoms with Crippen LogP contribution in [0, 0.1) is 17.5 Å². The Morgan fingerprint density at radius 3 is 2.38 bits per heavy atom. The Balaban J connectivity index is 0.000000791. The number of rotatable bonds is 3. The van der Waals surface area contributed by atoms with E-state index in [1.54, 1.807) is 7.11 Å². The van der Waals surface area contributed by atoms with Crippen LogP contribution in [-0.2, 0) is 4.74 Å². The Bertz CT molecular complexity index is 740. The zero-order valence-electron chi connectivity index (χ0n) is 17.3. The maximum atomic E-state index is 10.7. The van der Waals surface area contributed by atoms with Gasteiger partial charge < -0.3 is 14.4 Å². The maximum Gasteiger partial charge on any atom is 0.114 e. The first-order valence-corrected chi connectivity index (χ1v) is 10.3. The fourth-order valence-corrected chi connectivity index (χ4v) is 4.12. The molecule has 26 heavy (non-hydrogen) atoms. The number of aliphatic hydroxyl groups excluding tert-OH is 1. The largest absolute Gasteiger partial charge is 0.388 e. The molecule has 0 saturated heterocycles. The standard InChI is InChI=1S/C18H23NO2S.2C2H6/c1-4-12-10-15(16(20)17(12)21-3)19-8-7-13-9-11(2)5-6-14(13)18(19)22;2*1-2/h5-9,12,15-17,20H,4,10H2,1-3H3;2*1-2H3. The van der Waals surface area contributed by atoms with Crippen molar-refractivity contribution in [2.45, 2.75) is 72.6 Å². The molecule has 1 N–H and O–H groups in total. The number of ether oxygens (including phenoxy) is 1. The second kappa shape index (κ2) is 10.8. The number of hydrogen-bond acceptors (Lipinski definition) is 3. The van der Waals surface area contributed by atoms with Gasteiger partial charge in [-0.3, -0.25) is 0 Å². The molecular weight excluding hydrogens is 342 g/mol. The average Bonchev–Trinajstić information content (AvgIpc) is 3.00. The van der Waals surface area contributed by atoms with Gasteiger partial charge in [-0.25, -0.2) is 0 Å². The number of aliphatic hydroxyl groups is 1. The molecule has 1 saturated carbocycles. The fourth-order valence-electron chi connectivity index (χ4n) is 3.73. The Labute approximate surface area is 164 Å². The number of methoxy groups -OCH3 is 1. The summed E-state index contributed by atoms with van der Waals surface area (Å²) in [5.41, 5.74) is 1.23. The van der Waals surface area contributed by atoms with Gasteiger partial charge in [-0.2, -0.15) is 0 Å². The van der Waals surface area contributed by atoms with Gasteiger partial charge in [0.25, 0.3) is 0 Å². The van der Waals surface area contributed by atoms with Crippen LogP contribution < -0.4 is 0 Å². The summed E-state index contributed by atoms with van der Waals surface area (Å²) in [6.45, 7) is 12.2. The van der Waals surface area contributed by atoms with E-state index in [-0.39, 0.29) is 12.1 Å². The lowest BCUT2D eigenvalue weighted by Crippen LogP contribution is -2.31. The molecule has 0 amide bonds. The molecule has 1 aromatic heterocycles. The number of pyridine rings is 1. The van der Waals surface area contributed by atoms with Crippen LogP contribution in [0.4, 0.5) is 0 Å². The summed E-state index contributed by atoms with van der Waals surface area (Å²) >= 11 is 5.69. The van der Waals surface area contributed by atoms with Crippen LogP contribution in [0.3, 0.4) is 0 Å². The van der Waals surface area contributed by atoms with Crippen LogP contribution in [0.25, 0.3) is 10.8 Å². The minimum absolute atomic E-state index is 0.00639. The predicted octanol–water partition coefficient (Wildman–Crippen LogP) is 6.08. The number of nitrogens with zero attached hydrogens (tertiary/aromatic N) is 1. The van der Waals surface area contributed by atoms with Gasteiger partial charge in [0.1, 0.15) is 10.7 Å². The minimum atomic E-state index is -0.510.